The van der Waals surface area contributed by atoms with Crippen molar-refractivity contribution in [3.8, 4) is 0 Å². The third-order valence-electron chi connectivity index (χ3n) is 7.85. The standard InChI is InChI=1S/C33H36N4O6/c38-29(19-22-13-14-23-8-3-4-9-24(23)18-22)36-28(20-25-21-35-27-11-6-5-10-26(25)27)33(42)34-17-7-1-2-12-32(41)43-37-30(39)15-16-31(37)40/h3-6,8-11,13-14,18,25,28,35H,1-2,7,12,15-17,19-21H2,(H,34,42)(H,36,38)/t25?,28-/m0/s1. The van der Waals surface area contributed by atoms with Gasteiger partial charge in [-0.25, -0.2) is 4.79 Å². The van der Waals surface area contributed by atoms with Crippen LogP contribution in [-0.4, -0.2) is 53.8 Å². The molecule has 4 amide bonds. The second-order valence-corrected chi connectivity index (χ2v) is 11.0. The first-order valence-corrected chi connectivity index (χ1v) is 14.8. The molecule has 3 aromatic rings. The Bertz CT molecular complexity index is 1510. The molecule has 2 aliphatic heterocycles. The van der Waals surface area contributed by atoms with Crippen LogP contribution in [0.25, 0.3) is 10.8 Å². The second kappa shape index (κ2) is 14.0. The van der Waals surface area contributed by atoms with Gasteiger partial charge in [-0.3, -0.25) is 19.2 Å². The lowest BCUT2D eigenvalue weighted by Crippen LogP contribution is -2.48. The SMILES string of the molecule is O=C(Cc1ccc2ccccc2c1)N[C@@H](CC1CNc2ccccc21)C(=O)NCCCCCC(=O)ON1C(=O)CCC1=O. The van der Waals surface area contributed by atoms with E-state index in [2.05, 4.69) is 16.0 Å². The van der Waals surface area contributed by atoms with Gasteiger partial charge in [0.15, 0.2) is 0 Å². The normalized spacial score (nSPS) is 16.5. The molecule has 0 spiro atoms. The Hall–Kier alpha value is -4.73. The van der Waals surface area contributed by atoms with Crippen LogP contribution < -0.4 is 16.0 Å². The van der Waals surface area contributed by atoms with Gasteiger partial charge in [-0.2, -0.15) is 0 Å². The van der Waals surface area contributed by atoms with Crippen molar-refractivity contribution < 1.29 is 28.8 Å². The molecule has 2 atom stereocenters. The molecule has 43 heavy (non-hydrogen) atoms. The van der Waals surface area contributed by atoms with Gasteiger partial charge in [0.25, 0.3) is 11.8 Å². The summed E-state index contributed by atoms with van der Waals surface area (Å²) in [6.45, 7) is 1.07. The zero-order chi connectivity index (χ0) is 30.2. The molecule has 224 valence electrons. The third-order valence-corrected chi connectivity index (χ3v) is 7.85. The number of amides is 4. The number of carbonyl (C=O) groups excluding carboxylic acids is 5. The van der Waals surface area contributed by atoms with Crippen LogP contribution in [0.15, 0.2) is 66.7 Å². The summed E-state index contributed by atoms with van der Waals surface area (Å²) >= 11 is 0. The van der Waals surface area contributed by atoms with Crippen LogP contribution >= 0.6 is 0 Å². The number of benzene rings is 3. The first kappa shape index (κ1) is 29.8. The summed E-state index contributed by atoms with van der Waals surface area (Å²) in [6.07, 6.45) is 2.54. The minimum Gasteiger partial charge on any atom is -0.384 e. The molecule has 2 heterocycles. The topological polar surface area (TPSA) is 134 Å². The fourth-order valence-corrected chi connectivity index (χ4v) is 5.57. The lowest BCUT2D eigenvalue weighted by Gasteiger charge is -2.22. The molecule has 3 N–H and O–H groups in total. The molecule has 3 aromatic carbocycles. The molecule has 10 nitrogen and oxygen atoms in total. The van der Waals surface area contributed by atoms with E-state index in [4.69, 9.17) is 4.84 Å². The van der Waals surface area contributed by atoms with E-state index in [0.717, 1.165) is 27.6 Å². The fraction of sp³-hybridized carbons (Fsp3) is 0.364. The van der Waals surface area contributed by atoms with Gasteiger partial charge in [-0.05, 0) is 47.2 Å². The molecule has 10 heteroatoms. The molecule has 0 saturated carbocycles. The predicted molar refractivity (Wildman–Crippen MR) is 161 cm³/mol. The van der Waals surface area contributed by atoms with Gasteiger partial charge in [0.05, 0.1) is 6.42 Å². The summed E-state index contributed by atoms with van der Waals surface area (Å²) in [5.41, 5.74) is 3.06. The maximum absolute atomic E-state index is 13.3. The molecule has 5 rings (SSSR count). The van der Waals surface area contributed by atoms with E-state index in [1.54, 1.807) is 0 Å². The summed E-state index contributed by atoms with van der Waals surface area (Å²) < 4.78 is 0. The van der Waals surface area contributed by atoms with E-state index in [1.165, 1.54) is 0 Å². The van der Waals surface area contributed by atoms with Crippen LogP contribution in [0.4, 0.5) is 5.69 Å². The van der Waals surface area contributed by atoms with E-state index in [1.807, 2.05) is 66.7 Å². The van der Waals surface area contributed by atoms with Crippen molar-refractivity contribution in [2.24, 2.45) is 0 Å². The minimum atomic E-state index is -0.712. The Labute approximate surface area is 250 Å². The number of carbonyl (C=O) groups is 5. The summed E-state index contributed by atoms with van der Waals surface area (Å²) in [4.78, 5) is 66.5. The summed E-state index contributed by atoms with van der Waals surface area (Å²) in [6, 6.07) is 21.2. The Morgan fingerprint density at radius 1 is 0.907 bits per heavy atom. The monoisotopic (exact) mass is 584 g/mol. The predicted octanol–water partition coefficient (Wildman–Crippen LogP) is 3.75. The van der Waals surface area contributed by atoms with Gasteiger partial charge in [-0.1, -0.05) is 67.1 Å². The Kier molecular flexibility index (Phi) is 9.66. The average molecular weight is 585 g/mol. The second-order valence-electron chi connectivity index (χ2n) is 11.0. The van der Waals surface area contributed by atoms with Crippen LogP contribution in [0.5, 0.6) is 0 Å². The maximum atomic E-state index is 13.3. The number of imide groups is 1. The molecule has 0 aromatic heterocycles. The van der Waals surface area contributed by atoms with Gasteiger partial charge in [0.2, 0.25) is 11.8 Å². The zero-order valence-electron chi connectivity index (χ0n) is 24.0. The molecule has 0 bridgehead atoms. The van der Waals surface area contributed by atoms with E-state index in [9.17, 15) is 24.0 Å². The lowest BCUT2D eigenvalue weighted by molar-refractivity contribution is -0.197. The number of nitrogens with one attached hydrogen (secondary N) is 3. The smallest absolute Gasteiger partial charge is 0.333 e. The van der Waals surface area contributed by atoms with Crippen molar-refractivity contribution in [3.63, 3.8) is 0 Å². The van der Waals surface area contributed by atoms with Crippen molar-refractivity contribution in [2.75, 3.05) is 18.4 Å². The van der Waals surface area contributed by atoms with Crippen molar-refractivity contribution in [1.29, 1.82) is 0 Å². The Morgan fingerprint density at radius 2 is 1.65 bits per heavy atom. The Balaban J connectivity index is 1.12. The molecule has 0 aliphatic carbocycles. The average Bonchev–Trinajstić information content (AvgIpc) is 3.56. The van der Waals surface area contributed by atoms with Crippen LogP contribution in [0.1, 0.15) is 62.0 Å². The summed E-state index contributed by atoms with van der Waals surface area (Å²) in [5, 5.41) is 12.0. The number of para-hydroxylation sites is 1. The minimum absolute atomic E-state index is 0.0560. The maximum Gasteiger partial charge on any atom is 0.333 e. The number of rotatable bonds is 13. The van der Waals surface area contributed by atoms with Crippen LogP contribution in [0.3, 0.4) is 0 Å². The number of unbranched alkanes of at least 4 members (excludes halogenated alkanes) is 2. The lowest BCUT2D eigenvalue weighted by atomic mass is 9.93. The quantitative estimate of drug-likeness (QED) is 0.206. The molecule has 0 radical (unpaired) electrons. The summed E-state index contributed by atoms with van der Waals surface area (Å²) in [7, 11) is 0. The highest BCUT2D eigenvalue weighted by atomic mass is 16.7. The number of hydroxylamine groups is 2. The molecule has 1 unspecified atom stereocenters. The highest BCUT2D eigenvalue weighted by molar-refractivity contribution is 6.01. The number of hydrogen-bond acceptors (Lipinski definition) is 7. The van der Waals surface area contributed by atoms with Crippen LogP contribution in [0, 0.1) is 0 Å². The van der Waals surface area contributed by atoms with Gasteiger partial charge in [0.1, 0.15) is 6.04 Å². The number of fused-ring (bicyclic) bond motifs is 2. The molecule has 1 saturated heterocycles. The highest BCUT2D eigenvalue weighted by Crippen LogP contribution is 2.34. The van der Waals surface area contributed by atoms with Crippen LogP contribution in [-0.2, 0) is 35.2 Å². The molecular formula is C33H36N4O6. The molecule has 1 fully saturated rings. The van der Waals surface area contributed by atoms with Crippen LogP contribution in [0.2, 0.25) is 0 Å². The van der Waals surface area contributed by atoms with Crippen molar-refractivity contribution in [2.45, 2.75) is 63.3 Å². The van der Waals surface area contributed by atoms with Gasteiger partial charge >= 0.3 is 5.97 Å². The highest BCUT2D eigenvalue weighted by Gasteiger charge is 2.33. The third kappa shape index (κ3) is 7.77. The first-order chi connectivity index (χ1) is 20.9. The van der Waals surface area contributed by atoms with E-state index < -0.39 is 23.8 Å². The van der Waals surface area contributed by atoms with Crippen molar-refractivity contribution in [3.05, 3.63) is 77.9 Å². The first-order valence-electron chi connectivity index (χ1n) is 14.8. The largest absolute Gasteiger partial charge is 0.384 e. The zero-order valence-corrected chi connectivity index (χ0v) is 24.0. The van der Waals surface area contributed by atoms with Crippen molar-refractivity contribution in [1.82, 2.24) is 15.7 Å². The fourth-order valence-electron chi connectivity index (χ4n) is 5.57. The van der Waals surface area contributed by atoms with Crippen molar-refractivity contribution >= 4 is 46.1 Å². The molecular weight excluding hydrogens is 548 g/mol. The number of hydrogen-bond donors (Lipinski definition) is 3. The summed E-state index contributed by atoms with van der Waals surface area (Å²) in [5.74, 6) is -2.03. The number of anilines is 1. The van der Waals surface area contributed by atoms with E-state index in [-0.39, 0.29) is 43.4 Å². The Morgan fingerprint density at radius 3 is 2.47 bits per heavy atom. The van der Waals surface area contributed by atoms with Gasteiger partial charge in [-0.15, -0.1) is 5.06 Å². The molecule has 2 aliphatic rings. The van der Waals surface area contributed by atoms with E-state index >= 15 is 0 Å². The van der Waals surface area contributed by atoms with Gasteiger partial charge in [0, 0.05) is 44.0 Å². The van der Waals surface area contributed by atoms with E-state index in [0.29, 0.717) is 43.8 Å². The number of nitrogens with zero attached hydrogens (tertiary/aromatic N) is 1. The van der Waals surface area contributed by atoms with Gasteiger partial charge < -0.3 is 20.8 Å².